The molecule has 3 aromatic carbocycles. The Bertz CT molecular complexity index is 1550. The molecule has 13 heteroatoms. The summed E-state index contributed by atoms with van der Waals surface area (Å²) in [7, 11) is 0. The topological polar surface area (TPSA) is 190 Å². The van der Waals surface area contributed by atoms with Crippen molar-refractivity contribution in [3.8, 4) is 5.75 Å². The fraction of sp³-hybridized carbons (Fsp3) is 0.333. The smallest absolute Gasteiger partial charge is 0.266 e. The maximum Gasteiger partial charge on any atom is 0.266 e. The number of nitrogens with one attached hydrogen (secondary N) is 2. The van der Waals surface area contributed by atoms with Crippen LogP contribution >= 0.6 is 0 Å². The van der Waals surface area contributed by atoms with Gasteiger partial charge >= 0.3 is 0 Å². The Morgan fingerprint density at radius 3 is 2.49 bits per heavy atom. The number of aliphatic imine (C=N–C) groups is 1. The summed E-state index contributed by atoms with van der Waals surface area (Å²) in [6.45, 7) is 4.22. The number of ether oxygens (including phenoxy) is 2. The molecule has 13 nitrogen and oxygen atoms in total. The Kier molecular flexibility index (Phi) is 10.6. The van der Waals surface area contributed by atoms with Gasteiger partial charge in [-0.1, -0.05) is 58.8 Å². The van der Waals surface area contributed by atoms with Gasteiger partial charge in [-0.15, -0.1) is 0 Å². The number of amides is 1. The second kappa shape index (κ2) is 14.7. The molecule has 0 aromatic heterocycles. The van der Waals surface area contributed by atoms with E-state index in [2.05, 4.69) is 30.9 Å². The molecule has 3 aromatic rings. The van der Waals surface area contributed by atoms with Crippen molar-refractivity contribution < 1.29 is 19.4 Å². The summed E-state index contributed by atoms with van der Waals surface area (Å²) in [6.07, 6.45) is -0.408. The van der Waals surface area contributed by atoms with Crippen LogP contribution in [0.3, 0.4) is 0 Å². The molecular formula is C30H33N9O4. The lowest BCUT2D eigenvalue weighted by Gasteiger charge is -2.32. The quantitative estimate of drug-likeness (QED) is 0.0716. The number of hydrogen-bond donors (Lipinski definition) is 3. The van der Waals surface area contributed by atoms with Gasteiger partial charge in [-0.2, -0.15) is 0 Å². The van der Waals surface area contributed by atoms with E-state index in [1.165, 1.54) is 0 Å². The van der Waals surface area contributed by atoms with Crippen LogP contribution in [0.4, 0.5) is 5.69 Å². The van der Waals surface area contributed by atoms with Crippen LogP contribution in [0, 0.1) is 0 Å². The first-order chi connectivity index (χ1) is 20.9. The van der Waals surface area contributed by atoms with E-state index in [1.807, 2.05) is 38.1 Å². The highest BCUT2D eigenvalue weighted by atomic mass is 16.5. The van der Waals surface area contributed by atoms with E-state index in [4.69, 9.17) is 25.1 Å². The molecule has 1 heterocycles. The van der Waals surface area contributed by atoms with Crippen LogP contribution in [0.25, 0.3) is 20.9 Å². The van der Waals surface area contributed by atoms with Crippen LogP contribution in [0.1, 0.15) is 48.6 Å². The van der Waals surface area contributed by atoms with Crippen LogP contribution in [-0.4, -0.2) is 41.7 Å². The zero-order valence-electron chi connectivity index (χ0n) is 23.9. The third-order valence-corrected chi connectivity index (χ3v) is 6.75. The van der Waals surface area contributed by atoms with Crippen molar-refractivity contribution >= 4 is 17.5 Å². The molecule has 0 radical (unpaired) electrons. The SMILES string of the molecule is CC(C)NNC(=O)[C@@]1(Cc2ccccc2N=[N+]=[N-])N=C(c2ccc(OCCCO)cc2)O[C@H]1c1ccccc1CN=[N+]=[N-]. The van der Waals surface area contributed by atoms with E-state index >= 15 is 0 Å². The first kappa shape index (κ1) is 30.9. The standard InChI is InChI=1S/C30H33N9O4/c1-20(2)35-37-29(41)30(18-22-8-4-6-11-26(22)36-39-32)27(25-10-5-3-9-23(25)19-33-38-31)43-28(34-30)21-12-14-24(15-13-21)42-17-7-16-40/h3-6,8-15,20,27,35,40H,7,16-19H2,1-2H3,(H,37,41)/t27-,30-/m0/s1. The molecule has 1 aliphatic rings. The zero-order chi connectivity index (χ0) is 30.7. The summed E-state index contributed by atoms with van der Waals surface area (Å²) in [5.74, 6) is 0.381. The molecule has 0 unspecified atom stereocenters. The number of aliphatic hydroxyl groups is 1. The van der Waals surface area contributed by atoms with E-state index in [-0.39, 0.29) is 31.5 Å². The van der Waals surface area contributed by atoms with Crippen molar-refractivity contribution in [2.75, 3.05) is 13.2 Å². The van der Waals surface area contributed by atoms with Crippen molar-refractivity contribution in [3.63, 3.8) is 0 Å². The first-order valence-corrected chi connectivity index (χ1v) is 13.8. The molecule has 1 amide bonds. The third kappa shape index (κ3) is 7.42. The third-order valence-electron chi connectivity index (χ3n) is 6.75. The summed E-state index contributed by atoms with van der Waals surface area (Å²) in [5.41, 5.74) is 25.3. The zero-order valence-corrected chi connectivity index (χ0v) is 23.9. The van der Waals surface area contributed by atoms with Crippen LogP contribution in [0.5, 0.6) is 5.75 Å². The molecule has 1 aliphatic heterocycles. The van der Waals surface area contributed by atoms with Crippen molar-refractivity contribution in [2.24, 2.45) is 15.2 Å². The van der Waals surface area contributed by atoms with Gasteiger partial charge in [0.25, 0.3) is 5.91 Å². The lowest BCUT2D eigenvalue weighted by molar-refractivity contribution is -0.130. The first-order valence-electron chi connectivity index (χ1n) is 13.8. The molecule has 3 N–H and O–H groups in total. The van der Waals surface area contributed by atoms with Gasteiger partial charge in [0.1, 0.15) is 5.75 Å². The normalized spacial score (nSPS) is 17.3. The van der Waals surface area contributed by atoms with Crippen LogP contribution in [0.2, 0.25) is 0 Å². The van der Waals surface area contributed by atoms with Gasteiger partial charge in [0.05, 0.1) is 13.2 Å². The fourth-order valence-electron chi connectivity index (χ4n) is 4.72. The van der Waals surface area contributed by atoms with Crippen LogP contribution in [0.15, 0.2) is 88.0 Å². The second-order valence-corrected chi connectivity index (χ2v) is 10.1. The summed E-state index contributed by atoms with van der Waals surface area (Å²) in [4.78, 5) is 25.1. The Labute approximate surface area is 248 Å². The van der Waals surface area contributed by atoms with E-state index in [9.17, 15) is 10.3 Å². The van der Waals surface area contributed by atoms with Gasteiger partial charge in [0.15, 0.2) is 11.6 Å². The highest BCUT2D eigenvalue weighted by molar-refractivity contribution is 6.01. The second-order valence-electron chi connectivity index (χ2n) is 10.1. The summed E-state index contributed by atoms with van der Waals surface area (Å²) in [5, 5.41) is 16.6. The molecular weight excluding hydrogens is 550 g/mol. The van der Waals surface area contributed by atoms with Gasteiger partial charge < -0.3 is 14.6 Å². The van der Waals surface area contributed by atoms with Gasteiger partial charge in [0, 0.05) is 46.6 Å². The van der Waals surface area contributed by atoms with Gasteiger partial charge in [-0.25, -0.2) is 10.4 Å². The molecule has 0 aliphatic carbocycles. The van der Waals surface area contributed by atoms with Crippen LogP contribution in [-0.2, 0) is 22.5 Å². The molecule has 0 bridgehead atoms. The lowest BCUT2D eigenvalue weighted by Crippen LogP contribution is -2.55. The maximum atomic E-state index is 14.2. The predicted octanol–water partition coefficient (Wildman–Crippen LogP) is 5.73. The number of carbonyl (C=O) groups is 1. The van der Waals surface area contributed by atoms with Crippen molar-refractivity contribution in [3.05, 3.63) is 116 Å². The Hall–Kier alpha value is -5.06. The van der Waals surface area contributed by atoms with Gasteiger partial charge in [-0.05, 0) is 65.9 Å². The fourth-order valence-corrected chi connectivity index (χ4v) is 4.72. The monoisotopic (exact) mass is 583 g/mol. The minimum atomic E-state index is -1.57. The molecule has 2 atom stereocenters. The summed E-state index contributed by atoms with van der Waals surface area (Å²) >= 11 is 0. The molecule has 0 fully saturated rings. The number of benzene rings is 3. The molecule has 4 rings (SSSR count). The van der Waals surface area contributed by atoms with Crippen molar-refractivity contribution in [1.29, 1.82) is 0 Å². The number of aliphatic hydroxyl groups excluding tert-OH is 1. The number of hydrazine groups is 1. The largest absolute Gasteiger partial charge is 0.494 e. The van der Waals surface area contributed by atoms with Gasteiger partial charge in [0.2, 0.25) is 5.90 Å². The number of nitrogens with zero attached hydrogens (tertiary/aromatic N) is 7. The minimum absolute atomic E-state index is 0.0280. The van der Waals surface area contributed by atoms with Crippen LogP contribution < -0.4 is 15.6 Å². The van der Waals surface area contributed by atoms with E-state index in [1.54, 1.807) is 48.5 Å². The number of azide groups is 2. The molecule has 0 saturated carbocycles. The molecule has 0 saturated heterocycles. The Morgan fingerprint density at radius 2 is 1.79 bits per heavy atom. The number of hydrogen-bond acceptors (Lipinski definition) is 8. The predicted molar refractivity (Wildman–Crippen MR) is 161 cm³/mol. The van der Waals surface area contributed by atoms with E-state index in [0.29, 0.717) is 46.7 Å². The number of carbonyl (C=O) groups excluding carboxylic acids is 1. The summed E-state index contributed by atoms with van der Waals surface area (Å²) in [6, 6.07) is 21.3. The maximum absolute atomic E-state index is 14.2. The van der Waals surface area contributed by atoms with Gasteiger partial charge in [-0.3, -0.25) is 10.2 Å². The Morgan fingerprint density at radius 1 is 1.07 bits per heavy atom. The van der Waals surface area contributed by atoms with E-state index < -0.39 is 17.6 Å². The molecule has 0 spiro atoms. The average molecular weight is 584 g/mol. The highest BCUT2D eigenvalue weighted by Crippen LogP contribution is 2.44. The average Bonchev–Trinajstić information content (AvgIpc) is 3.40. The van der Waals surface area contributed by atoms with Crippen molar-refractivity contribution in [1.82, 2.24) is 10.9 Å². The Balaban J connectivity index is 1.88. The highest BCUT2D eigenvalue weighted by Gasteiger charge is 2.54. The number of rotatable bonds is 14. The molecule has 222 valence electrons. The lowest BCUT2D eigenvalue weighted by atomic mass is 9.80. The van der Waals surface area contributed by atoms with E-state index in [0.717, 1.165) is 0 Å². The minimum Gasteiger partial charge on any atom is -0.494 e. The molecule has 43 heavy (non-hydrogen) atoms. The summed E-state index contributed by atoms with van der Waals surface area (Å²) < 4.78 is 12.2. The van der Waals surface area contributed by atoms with Crippen molar-refractivity contribution in [2.45, 2.75) is 50.9 Å².